The molecule has 1 aliphatic rings. The quantitative estimate of drug-likeness (QED) is 0.800. The van der Waals surface area contributed by atoms with E-state index < -0.39 is 0 Å². The predicted octanol–water partition coefficient (Wildman–Crippen LogP) is 3.95. The summed E-state index contributed by atoms with van der Waals surface area (Å²) in [6.45, 7) is 0. The van der Waals surface area contributed by atoms with E-state index in [9.17, 15) is 4.79 Å². The molecule has 0 bridgehead atoms. The van der Waals surface area contributed by atoms with Crippen molar-refractivity contribution in [2.24, 2.45) is 0 Å². The molecule has 3 rings (SSSR count). The summed E-state index contributed by atoms with van der Waals surface area (Å²) >= 11 is 0. The van der Waals surface area contributed by atoms with E-state index >= 15 is 0 Å². The normalized spacial score (nSPS) is 18.2. The van der Waals surface area contributed by atoms with Gasteiger partial charge in [0.1, 0.15) is 0 Å². The van der Waals surface area contributed by atoms with Crippen molar-refractivity contribution in [2.45, 2.75) is 11.8 Å². The first-order valence-corrected chi connectivity index (χ1v) is 7.83. The van der Waals surface area contributed by atoms with Gasteiger partial charge in [-0.25, -0.2) is 0 Å². The Morgan fingerprint density at radius 1 is 0.913 bits per heavy atom. The molecule has 0 saturated heterocycles. The van der Waals surface area contributed by atoms with E-state index in [0.29, 0.717) is 6.42 Å². The van der Waals surface area contributed by atoms with Crippen LogP contribution in [0.1, 0.15) is 17.5 Å². The predicted molar refractivity (Wildman–Crippen MR) is 94.2 cm³/mol. The van der Waals surface area contributed by atoms with Crippen LogP contribution in [0.2, 0.25) is 0 Å². The SMILES string of the molecule is CN(C)/C=C1\CC(c2ccccc2)(c2ccccc2)C=CC1=O. The van der Waals surface area contributed by atoms with Gasteiger partial charge in [0.15, 0.2) is 5.78 Å². The highest BCUT2D eigenvalue weighted by atomic mass is 16.1. The third-order valence-corrected chi connectivity index (χ3v) is 4.30. The molecule has 0 radical (unpaired) electrons. The molecule has 0 N–H and O–H groups in total. The third kappa shape index (κ3) is 2.98. The standard InChI is InChI=1S/C21H21NO/c1-22(2)16-17-15-21(14-13-20(17)23,18-9-5-3-6-10-18)19-11-7-4-8-12-19/h3-14,16H,15H2,1-2H3/b17-16+. The summed E-state index contributed by atoms with van der Waals surface area (Å²) in [6.07, 6.45) is 6.40. The molecule has 0 aliphatic heterocycles. The Labute approximate surface area is 137 Å². The van der Waals surface area contributed by atoms with Crippen molar-refractivity contribution >= 4 is 5.78 Å². The summed E-state index contributed by atoms with van der Waals surface area (Å²) in [4.78, 5) is 14.2. The highest BCUT2D eigenvalue weighted by molar-refractivity contribution is 6.05. The molecule has 1 aliphatic carbocycles. The van der Waals surface area contributed by atoms with Crippen LogP contribution in [0.5, 0.6) is 0 Å². The second-order valence-electron chi connectivity index (χ2n) is 6.20. The number of carbonyl (C=O) groups is 1. The summed E-state index contributed by atoms with van der Waals surface area (Å²) < 4.78 is 0. The molecule has 0 unspecified atom stereocenters. The van der Waals surface area contributed by atoms with E-state index in [0.717, 1.165) is 5.57 Å². The minimum atomic E-state index is -0.293. The second kappa shape index (κ2) is 6.25. The molecule has 0 amide bonds. The van der Waals surface area contributed by atoms with Gasteiger partial charge in [0.05, 0.1) is 0 Å². The molecule has 0 saturated carbocycles. The van der Waals surface area contributed by atoms with Gasteiger partial charge >= 0.3 is 0 Å². The number of ketones is 1. The average molecular weight is 303 g/mol. The van der Waals surface area contributed by atoms with Crippen molar-refractivity contribution < 1.29 is 4.79 Å². The van der Waals surface area contributed by atoms with Crippen LogP contribution in [0.25, 0.3) is 0 Å². The first-order valence-electron chi connectivity index (χ1n) is 7.83. The smallest absolute Gasteiger partial charge is 0.183 e. The van der Waals surface area contributed by atoms with Crippen molar-refractivity contribution in [1.82, 2.24) is 4.90 Å². The minimum Gasteiger partial charge on any atom is -0.383 e. The van der Waals surface area contributed by atoms with E-state index in [1.165, 1.54) is 11.1 Å². The minimum absolute atomic E-state index is 0.0983. The van der Waals surface area contributed by atoms with Crippen molar-refractivity contribution in [3.05, 3.63) is 95.7 Å². The molecule has 2 aromatic carbocycles. The lowest BCUT2D eigenvalue weighted by atomic mass is 9.67. The monoisotopic (exact) mass is 303 g/mol. The van der Waals surface area contributed by atoms with Crippen molar-refractivity contribution in [3.63, 3.8) is 0 Å². The van der Waals surface area contributed by atoms with Crippen molar-refractivity contribution in [2.75, 3.05) is 14.1 Å². The Morgan fingerprint density at radius 3 is 1.91 bits per heavy atom. The lowest BCUT2D eigenvalue weighted by Gasteiger charge is -2.35. The third-order valence-electron chi connectivity index (χ3n) is 4.30. The lowest BCUT2D eigenvalue weighted by molar-refractivity contribution is -0.111. The maximum absolute atomic E-state index is 12.3. The fourth-order valence-electron chi connectivity index (χ4n) is 3.23. The molecule has 0 aromatic heterocycles. The molecule has 0 fully saturated rings. The van der Waals surface area contributed by atoms with Crippen LogP contribution in [-0.4, -0.2) is 24.8 Å². The number of hydrogen-bond acceptors (Lipinski definition) is 2. The van der Waals surface area contributed by atoms with E-state index in [1.807, 2.05) is 37.3 Å². The second-order valence-corrected chi connectivity index (χ2v) is 6.20. The average Bonchev–Trinajstić information content (AvgIpc) is 2.58. The fourth-order valence-corrected chi connectivity index (χ4v) is 3.23. The molecular formula is C21H21NO. The highest BCUT2D eigenvalue weighted by Crippen LogP contribution is 2.42. The van der Waals surface area contributed by atoms with Crippen LogP contribution >= 0.6 is 0 Å². The molecule has 0 spiro atoms. The van der Waals surface area contributed by atoms with Crippen LogP contribution in [0.4, 0.5) is 0 Å². The largest absolute Gasteiger partial charge is 0.383 e. The van der Waals surface area contributed by atoms with Crippen LogP contribution in [0.15, 0.2) is 84.6 Å². The topological polar surface area (TPSA) is 20.3 Å². The van der Waals surface area contributed by atoms with Gasteiger partial charge in [0, 0.05) is 31.3 Å². The van der Waals surface area contributed by atoms with Gasteiger partial charge in [0.25, 0.3) is 0 Å². The zero-order chi connectivity index (χ0) is 16.3. The van der Waals surface area contributed by atoms with Crippen molar-refractivity contribution in [1.29, 1.82) is 0 Å². The first kappa shape index (κ1) is 15.3. The summed E-state index contributed by atoms with van der Waals surface area (Å²) in [5.74, 6) is 0.0983. The van der Waals surface area contributed by atoms with Crippen molar-refractivity contribution in [3.8, 4) is 0 Å². The van der Waals surface area contributed by atoms with Crippen LogP contribution < -0.4 is 0 Å². The highest BCUT2D eigenvalue weighted by Gasteiger charge is 2.36. The molecular weight excluding hydrogens is 282 g/mol. The maximum atomic E-state index is 12.3. The number of rotatable bonds is 3. The van der Waals surface area contributed by atoms with E-state index in [1.54, 1.807) is 6.08 Å². The molecule has 23 heavy (non-hydrogen) atoms. The van der Waals surface area contributed by atoms with Gasteiger partial charge < -0.3 is 4.90 Å². The zero-order valence-corrected chi connectivity index (χ0v) is 13.6. The summed E-state index contributed by atoms with van der Waals surface area (Å²) in [7, 11) is 3.90. The summed E-state index contributed by atoms with van der Waals surface area (Å²) in [5.41, 5.74) is 2.96. The van der Waals surface area contributed by atoms with Gasteiger partial charge in [-0.05, 0) is 23.6 Å². The Morgan fingerprint density at radius 2 is 1.43 bits per heavy atom. The van der Waals surface area contributed by atoms with Gasteiger partial charge in [-0.3, -0.25) is 4.79 Å². The molecule has 116 valence electrons. The van der Waals surface area contributed by atoms with Gasteiger partial charge in [-0.15, -0.1) is 0 Å². The van der Waals surface area contributed by atoms with Gasteiger partial charge in [0.2, 0.25) is 0 Å². The van der Waals surface area contributed by atoms with Crippen LogP contribution in [0.3, 0.4) is 0 Å². The molecule has 0 atom stereocenters. The number of carbonyl (C=O) groups excluding carboxylic acids is 1. The lowest BCUT2D eigenvalue weighted by Crippen LogP contribution is -2.31. The molecule has 2 aromatic rings. The van der Waals surface area contributed by atoms with Crippen LogP contribution in [-0.2, 0) is 10.2 Å². The number of benzene rings is 2. The summed E-state index contributed by atoms with van der Waals surface area (Å²) in [6, 6.07) is 20.8. The molecule has 2 nitrogen and oxygen atoms in total. The van der Waals surface area contributed by atoms with E-state index in [4.69, 9.17) is 0 Å². The molecule has 2 heteroatoms. The van der Waals surface area contributed by atoms with Gasteiger partial charge in [-0.1, -0.05) is 66.7 Å². The summed E-state index contributed by atoms with van der Waals surface area (Å²) in [5, 5.41) is 0. The van der Waals surface area contributed by atoms with Gasteiger partial charge in [-0.2, -0.15) is 0 Å². The first-order chi connectivity index (χ1) is 11.1. The van der Waals surface area contributed by atoms with E-state index in [-0.39, 0.29) is 11.2 Å². The number of nitrogens with zero attached hydrogens (tertiary/aromatic N) is 1. The Bertz CT molecular complexity index is 702. The Hall–Kier alpha value is -2.61. The number of hydrogen-bond donors (Lipinski definition) is 0. The van der Waals surface area contributed by atoms with Crippen LogP contribution in [0, 0.1) is 0 Å². The number of allylic oxidation sites excluding steroid dienone is 3. The Balaban J connectivity index is 2.19. The zero-order valence-electron chi connectivity index (χ0n) is 13.6. The maximum Gasteiger partial charge on any atom is 0.183 e. The fraction of sp³-hybridized carbons (Fsp3) is 0.190. The van der Waals surface area contributed by atoms with E-state index in [2.05, 4.69) is 54.6 Å². The Kier molecular flexibility index (Phi) is 4.16. The molecule has 0 heterocycles.